The normalized spacial score (nSPS) is 9.04. The number of benzene rings is 2. The van der Waals surface area contributed by atoms with Gasteiger partial charge in [0.05, 0.1) is 13.2 Å². The second kappa shape index (κ2) is 15.6. The van der Waals surface area contributed by atoms with E-state index < -0.39 is 0 Å². The van der Waals surface area contributed by atoms with Crippen LogP contribution in [0.1, 0.15) is 57.6 Å². The fourth-order valence-corrected chi connectivity index (χ4v) is 2.41. The van der Waals surface area contributed by atoms with Crippen LogP contribution in [0.4, 0.5) is 0 Å². The van der Waals surface area contributed by atoms with E-state index in [4.69, 9.17) is 10.00 Å². The van der Waals surface area contributed by atoms with Crippen molar-refractivity contribution in [2.75, 3.05) is 7.11 Å². The van der Waals surface area contributed by atoms with Crippen LogP contribution in [0.25, 0.3) is 11.1 Å². The van der Waals surface area contributed by atoms with Gasteiger partial charge < -0.3 is 9.53 Å². The molecule has 0 unspecified atom stereocenters. The molecule has 0 fully saturated rings. The van der Waals surface area contributed by atoms with E-state index >= 15 is 0 Å². The fraction of sp³-hybridized carbons (Fsp3) is 0.417. The van der Waals surface area contributed by atoms with Gasteiger partial charge in [-0.15, -0.1) is 0 Å². The largest absolute Gasteiger partial charge is 0.496 e. The molecule has 2 aromatic rings. The molecule has 0 amide bonds. The van der Waals surface area contributed by atoms with E-state index in [9.17, 15) is 4.79 Å². The Morgan fingerprint density at radius 1 is 1.07 bits per heavy atom. The van der Waals surface area contributed by atoms with Crippen molar-refractivity contribution in [2.45, 2.75) is 59.8 Å². The number of rotatable bonds is 7. The highest BCUT2D eigenvalue weighted by Gasteiger charge is 2.02. The number of hydrogen-bond acceptors (Lipinski definition) is 3. The summed E-state index contributed by atoms with van der Waals surface area (Å²) in [7, 11) is 1.69. The van der Waals surface area contributed by atoms with Crippen LogP contribution < -0.4 is 4.74 Å². The minimum Gasteiger partial charge on any atom is -0.496 e. The molecule has 0 N–H and O–H groups in total. The van der Waals surface area contributed by atoms with Crippen molar-refractivity contribution in [1.82, 2.24) is 0 Å². The summed E-state index contributed by atoms with van der Waals surface area (Å²) in [5.41, 5.74) is 4.71. The fourth-order valence-electron chi connectivity index (χ4n) is 2.41. The zero-order valence-electron chi connectivity index (χ0n) is 17.4. The third-order valence-corrected chi connectivity index (χ3v) is 3.88. The van der Waals surface area contributed by atoms with Crippen LogP contribution >= 0.6 is 0 Å². The lowest BCUT2D eigenvalue weighted by molar-refractivity contribution is -0.107. The number of carbonyl (C=O) groups excluding carboxylic acids is 1. The maximum Gasteiger partial charge on any atom is 0.121 e. The highest BCUT2D eigenvalue weighted by Crippen LogP contribution is 2.26. The number of unbranched alkanes of at least 4 members (excludes halogenated alkanes) is 2. The highest BCUT2D eigenvalue weighted by molar-refractivity contribution is 5.65. The van der Waals surface area contributed by atoms with Crippen LogP contribution in [-0.2, 0) is 11.2 Å². The van der Waals surface area contributed by atoms with Gasteiger partial charge in [-0.3, -0.25) is 0 Å². The summed E-state index contributed by atoms with van der Waals surface area (Å²) in [6.45, 7) is 8.12. The van der Waals surface area contributed by atoms with Crippen molar-refractivity contribution in [2.24, 2.45) is 0 Å². The van der Waals surface area contributed by atoms with Crippen molar-refractivity contribution < 1.29 is 9.53 Å². The summed E-state index contributed by atoms with van der Waals surface area (Å²) >= 11 is 0. The average molecular weight is 368 g/mol. The summed E-state index contributed by atoms with van der Waals surface area (Å²) in [4.78, 5) is 9.56. The van der Waals surface area contributed by atoms with Crippen molar-refractivity contribution >= 4 is 6.29 Å². The molecule has 0 radical (unpaired) electrons. The van der Waals surface area contributed by atoms with Crippen LogP contribution in [0.15, 0.2) is 42.5 Å². The summed E-state index contributed by atoms with van der Waals surface area (Å²) in [6, 6.07) is 16.7. The Kier molecular flexibility index (Phi) is 14.1. The van der Waals surface area contributed by atoms with Crippen molar-refractivity contribution in [1.29, 1.82) is 5.26 Å². The van der Waals surface area contributed by atoms with E-state index in [1.165, 1.54) is 16.7 Å². The zero-order chi connectivity index (χ0) is 20.5. The van der Waals surface area contributed by atoms with Crippen LogP contribution in [0, 0.1) is 18.3 Å². The van der Waals surface area contributed by atoms with E-state index in [-0.39, 0.29) is 0 Å². The van der Waals surface area contributed by atoms with Gasteiger partial charge >= 0.3 is 0 Å². The number of nitrogens with zero attached hydrogens (tertiary/aromatic N) is 1. The molecule has 0 spiro atoms. The first-order valence-electron chi connectivity index (χ1n) is 9.70. The van der Waals surface area contributed by atoms with E-state index in [0.717, 1.165) is 43.3 Å². The molecule has 3 heteroatoms. The van der Waals surface area contributed by atoms with E-state index in [0.29, 0.717) is 6.42 Å². The van der Waals surface area contributed by atoms with Gasteiger partial charge in [0.2, 0.25) is 0 Å². The molecule has 3 nitrogen and oxygen atoms in total. The summed E-state index contributed by atoms with van der Waals surface area (Å²) in [6.07, 6.45) is 5.25. The van der Waals surface area contributed by atoms with Crippen molar-refractivity contribution in [3.05, 3.63) is 53.6 Å². The second-order valence-electron chi connectivity index (χ2n) is 5.85. The minimum absolute atomic E-state index is 0.570. The van der Waals surface area contributed by atoms with Gasteiger partial charge in [0, 0.05) is 12.8 Å². The molecule has 0 aliphatic rings. The Bertz CT molecular complexity index is 685. The molecule has 0 atom stereocenters. The number of aryl methyl sites for hydroxylation is 2. The molecule has 146 valence electrons. The van der Waals surface area contributed by atoms with Crippen LogP contribution in [0.5, 0.6) is 5.75 Å². The van der Waals surface area contributed by atoms with Gasteiger partial charge in [0.15, 0.2) is 0 Å². The van der Waals surface area contributed by atoms with Gasteiger partial charge in [-0.25, -0.2) is 0 Å². The molecule has 27 heavy (non-hydrogen) atoms. The van der Waals surface area contributed by atoms with Crippen molar-refractivity contribution in [3.63, 3.8) is 0 Å². The molecule has 0 saturated heterocycles. The lowest BCUT2D eigenvalue weighted by atomic mass is 10.0. The number of hydrogen-bond donors (Lipinski definition) is 0. The third kappa shape index (κ3) is 9.61. The third-order valence-electron chi connectivity index (χ3n) is 3.88. The topological polar surface area (TPSA) is 50.1 Å². The van der Waals surface area contributed by atoms with Crippen LogP contribution in [0.3, 0.4) is 0 Å². The molecule has 0 heterocycles. The maximum atomic E-state index is 9.56. The maximum absolute atomic E-state index is 9.56. The zero-order valence-corrected chi connectivity index (χ0v) is 17.4. The first-order valence-corrected chi connectivity index (χ1v) is 9.70. The Morgan fingerprint density at radius 3 is 2.15 bits per heavy atom. The Hall–Kier alpha value is -2.60. The number of aldehydes is 1. The lowest BCUT2D eigenvalue weighted by Gasteiger charge is -2.08. The Labute approximate surface area is 165 Å². The van der Waals surface area contributed by atoms with Crippen LogP contribution in [0.2, 0.25) is 0 Å². The summed E-state index contributed by atoms with van der Waals surface area (Å²) in [5, 5.41) is 8.58. The predicted molar refractivity (Wildman–Crippen MR) is 114 cm³/mol. The van der Waals surface area contributed by atoms with Gasteiger partial charge in [0.25, 0.3) is 0 Å². The predicted octanol–water partition coefficient (Wildman–Crippen LogP) is 6.53. The first-order chi connectivity index (χ1) is 13.2. The Morgan fingerprint density at radius 2 is 1.70 bits per heavy atom. The molecular formula is C24H33NO2. The molecule has 0 saturated carbocycles. The standard InChI is InChI=1S/C17H17NO.C5H10O.C2H6/c1-13-12-16(9-10-17(13)19-2)15-7-5-14(6-8-15)4-3-11-18;1-2-3-4-5-6;1-2/h5-10,12H,3-4H2,1-2H3;5H,2-4H2,1H3;1-2H3. The summed E-state index contributed by atoms with van der Waals surface area (Å²) < 4.78 is 5.27. The molecule has 0 aromatic heterocycles. The van der Waals surface area contributed by atoms with Gasteiger partial charge in [0.1, 0.15) is 12.0 Å². The minimum atomic E-state index is 0.570. The summed E-state index contributed by atoms with van der Waals surface area (Å²) in [5.74, 6) is 0.911. The average Bonchev–Trinajstić information content (AvgIpc) is 2.73. The highest BCUT2D eigenvalue weighted by atomic mass is 16.5. The number of methoxy groups -OCH3 is 1. The number of carbonyl (C=O) groups is 1. The molecule has 2 rings (SSSR count). The van der Waals surface area contributed by atoms with E-state index in [1.807, 2.05) is 26.8 Å². The molecular weight excluding hydrogens is 334 g/mol. The number of nitriles is 1. The quantitative estimate of drug-likeness (QED) is 0.413. The number of ether oxygens (including phenoxy) is 1. The molecule has 0 aliphatic heterocycles. The molecule has 0 aliphatic carbocycles. The lowest BCUT2D eigenvalue weighted by Crippen LogP contribution is -1.88. The molecule has 0 bridgehead atoms. The second-order valence-corrected chi connectivity index (χ2v) is 5.85. The Balaban J connectivity index is 0.000000722. The van der Waals surface area contributed by atoms with Crippen molar-refractivity contribution in [3.8, 4) is 22.9 Å². The van der Waals surface area contributed by atoms with Gasteiger partial charge in [-0.2, -0.15) is 5.26 Å². The molecule has 2 aromatic carbocycles. The first kappa shape index (κ1) is 24.4. The van der Waals surface area contributed by atoms with E-state index in [1.54, 1.807) is 7.11 Å². The SMILES string of the molecule is CC.CCCCC=O.COc1ccc(-c2ccc(CCC#N)cc2)cc1C. The van der Waals surface area contributed by atoms with Crippen LogP contribution in [-0.4, -0.2) is 13.4 Å². The van der Waals surface area contributed by atoms with E-state index in [2.05, 4.69) is 49.4 Å². The van der Waals surface area contributed by atoms with Gasteiger partial charge in [-0.1, -0.05) is 57.5 Å². The monoisotopic (exact) mass is 367 g/mol. The smallest absolute Gasteiger partial charge is 0.121 e. The van der Waals surface area contributed by atoms with Gasteiger partial charge in [-0.05, 0) is 54.2 Å².